The van der Waals surface area contributed by atoms with Crippen molar-refractivity contribution in [2.45, 2.75) is 17.6 Å². The van der Waals surface area contributed by atoms with Gasteiger partial charge >= 0.3 is 0 Å². The third kappa shape index (κ3) is 5.11. The van der Waals surface area contributed by atoms with Gasteiger partial charge < -0.3 is 15.0 Å². The van der Waals surface area contributed by atoms with E-state index in [1.54, 1.807) is 12.1 Å². The Kier molecular flexibility index (Phi) is 7.68. The van der Waals surface area contributed by atoms with Crippen LogP contribution in [0.5, 0.6) is 5.75 Å². The topological polar surface area (TPSA) is 98.5 Å². The van der Waals surface area contributed by atoms with E-state index in [0.29, 0.717) is 48.3 Å². The third-order valence-corrected chi connectivity index (χ3v) is 5.33. The molecule has 1 atom stereocenters. The van der Waals surface area contributed by atoms with E-state index in [2.05, 4.69) is 36.8 Å². The average molecular weight is 450 g/mol. The summed E-state index contributed by atoms with van der Waals surface area (Å²) < 4.78 is 19.3. The highest BCUT2D eigenvalue weighted by Gasteiger charge is 2.24. The van der Waals surface area contributed by atoms with Crippen LogP contribution in [0, 0.1) is 17.1 Å². The van der Waals surface area contributed by atoms with Crippen molar-refractivity contribution < 1.29 is 9.13 Å². The maximum Gasteiger partial charge on any atom is 0.190 e. The number of hydrogen-bond acceptors (Lipinski definition) is 9. The Morgan fingerprint density at radius 3 is 3.10 bits per heavy atom. The predicted molar refractivity (Wildman–Crippen MR) is 117 cm³/mol. The number of methoxy groups -OCH3 is 1. The minimum absolute atomic E-state index is 0.0285. The van der Waals surface area contributed by atoms with Gasteiger partial charge in [-0.15, -0.1) is 0 Å². The van der Waals surface area contributed by atoms with Crippen LogP contribution in [0.25, 0.3) is 0 Å². The number of benzene rings is 1. The van der Waals surface area contributed by atoms with Crippen LogP contribution in [-0.4, -0.2) is 55.2 Å². The number of halogens is 2. The lowest BCUT2D eigenvalue weighted by molar-refractivity contribution is 0.413. The molecule has 3 rings (SSSR count). The summed E-state index contributed by atoms with van der Waals surface area (Å²) in [5.41, 5.74) is 3.30. The van der Waals surface area contributed by atoms with Crippen molar-refractivity contribution in [3.8, 4) is 11.8 Å². The van der Waals surface area contributed by atoms with Crippen LogP contribution in [0.4, 0.5) is 15.9 Å². The number of rotatable bonds is 7. The smallest absolute Gasteiger partial charge is 0.190 e. The number of anilines is 2. The number of hydrogen-bond donors (Lipinski definition) is 2. The highest BCUT2D eigenvalue weighted by atomic mass is 35.5. The molecule has 0 saturated carbocycles. The minimum atomic E-state index is -0.492. The molecule has 1 aliphatic rings. The zero-order valence-electron chi connectivity index (χ0n) is 16.5. The molecule has 1 aromatic carbocycles. The Hall–Kier alpha value is -2.61. The monoisotopic (exact) mass is 449 g/mol. The number of nitrogens with one attached hydrogen (secondary N) is 2. The molecular weight excluding hydrogens is 429 g/mol. The van der Waals surface area contributed by atoms with Gasteiger partial charge in [0.1, 0.15) is 22.4 Å². The second-order valence-electron chi connectivity index (χ2n) is 6.38. The predicted octanol–water partition coefficient (Wildman–Crippen LogP) is 3.14. The average Bonchev–Trinajstić information content (AvgIpc) is 2.75. The number of nitrogens with zero attached hydrogens (tertiary/aromatic N) is 5. The van der Waals surface area contributed by atoms with E-state index in [4.69, 9.17) is 21.6 Å². The van der Waals surface area contributed by atoms with Crippen LogP contribution in [0.15, 0.2) is 28.5 Å². The normalized spacial score (nSPS) is 16.5. The Bertz CT molecular complexity index is 969. The van der Waals surface area contributed by atoms with Crippen LogP contribution in [0.1, 0.15) is 12.0 Å². The van der Waals surface area contributed by atoms with Gasteiger partial charge in [0.15, 0.2) is 11.0 Å². The number of aromatic nitrogens is 2. The molecular formula is C19H21ClFN7OS. The van der Waals surface area contributed by atoms with Gasteiger partial charge in [0.05, 0.1) is 31.4 Å². The first-order valence-corrected chi connectivity index (χ1v) is 10.8. The summed E-state index contributed by atoms with van der Waals surface area (Å²) in [5, 5.41) is 17.3. The molecule has 30 heavy (non-hydrogen) atoms. The lowest BCUT2D eigenvalue weighted by Crippen LogP contribution is -2.51. The van der Waals surface area contributed by atoms with E-state index >= 15 is 0 Å². The second kappa shape index (κ2) is 10.4. The zero-order chi connectivity index (χ0) is 21.5. The molecule has 1 aromatic heterocycles. The summed E-state index contributed by atoms with van der Waals surface area (Å²) in [6.45, 7) is 2.01. The first kappa shape index (κ1) is 22.1. The van der Waals surface area contributed by atoms with E-state index < -0.39 is 5.82 Å². The summed E-state index contributed by atoms with van der Waals surface area (Å²) in [7, 11) is 1.45. The van der Waals surface area contributed by atoms with Gasteiger partial charge in [-0.2, -0.15) is 10.4 Å². The molecule has 1 fully saturated rings. The molecule has 2 heterocycles. The van der Waals surface area contributed by atoms with Crippen LogP contribution in [-0.2, 0) is 0 Å². The van der Waals surface area contributed by atoms with Crippen LogP contribution < -0.4 is 20.4 Å². The van der Waals surface area contributed by atoms with Crippen molar-refractivity contribution in [1.29, 1.82) is 5.26 Å². The molecule has 158 valence electrons. The molecule has 0 spiro atoms. The van der Waals surface area contributed by atoms with Crippen molar-refractivity contribution in [2.75, 3.05) is 43.3 Å². The van der Waals surface area contributed by atoms with Crippen molar-refractivity contribution in [2.24, 2.45) is 5.10 Å². The number of piperazine rings is 1. The van der Waals surface area contributed by atoms with Gasteiger partial charge in [-0.3, -0.25) is 5.43 Å². The van der Waals surface area contributed by atoms with E-state index in [9.17, 15) is 4.39 Å². The van der Waals surface area contributed by atoms with E-state index in [1.807, 2.05) is 6.26 Å². The van der Waals surface area contributed by atoms with Gasteiger partial charge in [0, 0.05) is 25.7 Å². The Balaban J connectivity index is 1.91. The highest BCUT2D eigenvalue weighted by Crippen LogP contribution is 2.29. The maximum absolute atomic E-state index is 14.1. The molecule has 2 aromatic rings. The lowest BCUT2D eigenvalue weighted by atomic mass is 10.1. The fourth-order valence-corrected chi connectivity index (χ4v) is 3.69. The van der Waals surface area contributed by atoms with Crippen LogP contribution in [0.3, 0.4) is 0 Å². The van der Waals surface area contributed by atoms with Gasteiger partial charge in [-0.05, 0) is 18.4 Å². The molecule has 8 nitrogen and oxygen atoms in total. The molecule has 0 bridgehead atoms. The van der Waals surface area contributed by atoms with Gasteiger partial charge in [-0.25, -0.2) is 14.4 Å². The van der Waals surface area contributed by atoms with Crippen molar-refractivity contribution >= 4 is 41.1 Å². The molecule has 0 radical (unpaired) electrons. The summed E-state index contributed by atoms with van der Waals surface area (Å²) in [6.07, 6.45) is 3.73. The Morgan fingerprint density at radius 1 is 1.53 bits per heavy atom. The fourth-order valence-electron chi connectivity index (χ4n) is 3.06. The zero-order valence-corrected chi connectivity index (χ0v) is 18.1. The first-order valence-electron chi connectivity index (χ1n) is 9.15. The van der Waals surface area contributed by atoms with Crippen LogP contribution >= 0.6 is 23.4 Å². The summed E-state index contributed by atoms with van der Waals surface area (Å²) in [6, 6.07) is 6.71. The van der Waals surface area contributed by atoms with E-state index in [-0.39, 0.29) is 16.9 Å². The Labute approximate surface area is 183 Å². The number of nitriles is 1. The maximum atomic E-state index is 14.1. The number of hydrazone groups is 1. The fraction of sp³-hybridized carbons (Fsp3) is 0.368. The largest absolute Gasteiger partial charge is 0.494 e. The first-order chi connectivity index (χ1) is 14.6. The van der Waals surface area contributed by atoms with Crippen molar-refractivity contribution in [3.63, 3.8) is 0 Å². The molecule has 11 heteroatoms. The molecule has 0 amide bonds. The highest BCUT2D eigenvalue weighted by molar-refractivity contribution is 7.98. The molecule has 2 N–H and O–H groups in total. The molecule has 0 aliphatic carbocycles. The molecule has 1 saturated heterocycles. The Morgan fingerprint density at radius 2 is 2.37 bits per heavy atom. The standard InChI is InChI=1S/C19H21ClFN7OS/c1-29-15-5-3-4-14(21)16(15)27-24-10-13-17(20)25-19(30-2)26-18(13)28-9-8-23-12(11-28)6-7-22/h3-5,10,12,23,27H,6,8-9,11H2,1-2H3/b24-10+. The second-order valence-corrected chi connectivity index (χ2v) is 7.52. The SMILES string of the molecule is COc1cccc(F)c1N/N=C/c1c(Cl)nc(SC)nc1N1CCNC(CC#N)C1. The number of ether oxygens (including phenoxy) is 1. The van der Waals surface area contributed by atoms with Crippen molar-refractivity contribution in [3.05, 3.63) is 34.7 Å². The summed E-state index contributed by atoms with van der Waals surface area (Å²) in [4.78, 5) is 10.9. The van der Waals surface area contributed by atoms with Gasteiger partial charge in [0.25, 0.3) is 0 Å². The summed E-state index contributed by atoms with van der Waals surface area (Å²) >= 11 is 7.81. The van der Waals surface area contributed by atoms with Crippen molar-refractivity contribution in [1.82, 2.24) is 15.3 Å². The lowest BCUT2D eigenvalue weighted by Gasteiger charge is -2.34. The van der Waals surface area contributed by atoms with Gasteiger partial charge in [-0.1, -0.05) is 29.4 Å². The van der Waals surface area contributed by atoms with Crippen LogP contribution in [0.2, 0.25) is 5.15 Å². The van der Waals surface area contributed by atoms with Gasteiger partial charge in [0.2, 0.25) is 0 Å². The van der Waals surface area contributed by atoms with E-state index in [0.717, 1.165) is 0 Å². The minimum Gasteiger partial charge on any atom is -0.494 e. The number of para-hydroxylation sites is 1. The molecule has 1 unspecified atom stereocenters. The number of thioether (sulfide) groups is 1. The van der Waals surface area contributed by atoms with E-state index in [1.165, 1.54) is 31.2 Å². The quantitative estimate of drug-likeness (QED) is 0.219. The summed E-state index contributed by atoms with van der Waals surface area (Å²) in [5.74, 6) is 0.456. The third-order valence-electron chi connectivity index (χ3n) is 4.50. The molecule has 1 aliphatic heterocycles.